The van der Waals surface area contributed by atoms with E-state index < -0.39 is 23.5 Å². The molecule has 0 fully saturated rings. The lowest BCUT2D eigenvalue weighted by Crippen LogP contribution is -2.44. The van der Waals surface area contributed by atoms with Crippen LogP contribution in [0.5, 0.6) is 0 Å². The van der Waals surface area contributed by atoms with Gasteiger partial charge in [-0.3, -0.25) is 19.2 Å². The monoisotopic (exact) mass is 406 g/mol. The van der Waals surface area contributed by atoms with E-state index in [9.17, 15) is 14.4 Å². The number of ether oxygens (including phenoxy) is 1. The third kappa shape index (κ3) is 9.19. The highest BCUT2D eigenvalue weighted by molar-refractivity contribution is 5.91. The van der Waals surface area contributed by atoms with Crippen molar-refractivity contribution < 1.29 is 24.0 Å². The van der Waals surface area contributed by atoms with Crippen molar-refractivity contribution in [2.75, 3.05) is 0 Å². The molecule has 0 saturated carbocycles. The van der Waals surface area contributed by atoms with Crippen molar-refractivity contribution in [2.45, 2.75) is 72.6 Å². The highest BCUT2D eigenvalue weighted by Gasteiger charge is 2.29. The van der Waals surface area contributed by atoms with Crippen molar-refractivity contribution in [3.8, 4) is 0 Å². The van der Waals surface area contributed by atoms with Gasteiger partial charge in [-0.25, -0.2) is 5.90 Å². The van der Waals surface area contributed by atoms with Gasteiger partial charge in [0.25, 0.3) is 0 Å². The number of carbonyl (C=O) groups is 3. The number of carbonyl (C=O) groups excluding carboxylic acids is 3. The molecule has 0 aromatic heterocycles. The Kier molecular flexibility index (Phi) is 9.46. The Labute approximate surface area is 173 Å². The molecule has 0 aliphatic heterocycles. The summed E-state index contributed by atoms with van der Waals surface area (Å²) in [5.74, 6) is 3.57. The average Bonchev–Trinajstić information content (AvgIpc) is 2.59. The van der Waals surface area contributed by atoms with Crippen LogP contribution in [0, 0.1) is 11.8 Å². The Balaban J connectivity index is 2.66. The topological polar surface area (TPSA) is 108 Å². The second-order valence-corrected chi connectivity index (χ2v) is 8.64. The number of rotatable bonds is 10. The first-order chi connectivity index (χ1) is 13.4. The molecule has 29 heavy (non-hydrogen) atoms. The van der Waals surface area contributed by atoms with E-state index in [1.165, 1.54) is 0 Å². The zero-order valence-electron chi connectivity index (χ0n) is 18.3. The van der Waals surface area contributed by atoms with Gasteiger partial charge < -0.3 is 10.1 Å². The maximum atomic E-state index is 12.7. The van der Waals surface area contributed by atoms with Gasteiger partial charge in [0.1, 0.15) is 5.60 Å². The van der Waals surface area contributed by atoms with Crippen LogP contribution in [-0.4, -0.2) is 29.3 Å². The van der Waals surface area contributed by atoms with Crippen molar-refractivity contribution in [2.24, 2.45) is 17.7 Å². The fourth-order valence-corrected chi connectivity index (χ4v) is 2.80. The van der Waals surface area contributed by atoms with Crippen molar-refractivity contribution in [3.63, 3.8) is 0 Å². The van der Waals surface area contributed by atoms with Crippen molar-refractivity contribution in [1.82, 2.24) is 5.32 Å². The summed E-state index contributed by atoms with van der Waals surface area (Å²) in [6, 6.07) is 6.69. The second-order valence-electron chi connectivity index (χ2n) is 8.64. The number of amides is 1. The quantitative estimate of drug-likeness (QED) is 0.457. The third-order valence-electron chi connectivity index (χ3n) is 4.44. The Morgan fingerprint density at radius 1 is 1.03 bits per heavy atom. The number of hydrogen-bond donors (Lipinski definition) is 2. The summed E-state index contributed by atoms with van der Waals surface area (Å²) >= 11 is 0. The molecule has 7 nitrogen and oxygen atoms in total. The predicted molar refractivity (Wildman–Crippen MR) is 111 cm³/mol. The van der Waals surface area contributed by atoms with Crippen LogP contribution in [-0.2, 0) is 37.0 Å². The predicted octanol–water partition coefficient (Wildman–Crippen LogP) is 2.70. The molecule has 0 bridgehead atoms. The lowest BCUT2D eigenvalue weighted by atomic mass is 9.91. The van der Waals surface area contributed by atoms with Crippen LogP contribution in [0.2, 0.25) is 0 Å². The molecule has 1 amide bonds. The molecule has 3 N–H and O–H groups in total. The largest absolute Gasteiger partial charge is 0.460 e. The summed E-state index contributed by atoms with van der Waals surface area (Å²) in [4.78, 5) is 41.9. The molecule has 1 rings (SSSR count). The molecule has 2 atom stereocenters. The fourth-order valence-electron chi connectivity index (χ4n) is 2.80. The van der Waals surface area contributed by atoms with Gasteiger partial charge in [-0.05, 0) is 44.7 Å². The van der Waals surface area contributed by atoms with Gasteiger partial charge in [-0.15, -0.1) is 0 Å². The van der Waals surface area contributed by atoms with Crippen LogP contribution in [0.15, 0.2) is 24.3 Å². The molecular weight excluding hydrogens is 372 g/mol. The molecule has 0 heterocycles. The lowest BCUT2D eigenvalue weighted by molar-refractivity contribution is -0.158. The lowest BCUT2D eigenvalue weighted by Gasteiger charge is -2.25. The minimum absolute atomic E-state index is 0.0215. The number of benzene rings is 1. The van der Waals surface area contributed by atoms with E-state index in [1.807, 2.05) is 38.1 Å². The molecule has 1 unspecified atom stereocenters. The van der Waals surface area contributed by atoms with Gasteiger partial charge in [-0.2, -0.15) is 0 Å². The first-order valence-electron chi connectivity index (χ1n) is 9.87. The van der Waals surface area contributed by atoms with E-state index in [-0.39, 0.29) is 30.4 Å². The van der Waals surface area contributed by atoms with Crippen molar-refractivity contribution >= 4 is 17.7 Å². The maximum absolute atomic E-state index is 12.7. The minimum atomic E-state index is -0.658. The fraction of sp³-hybridized carbons (Fsp3) is 0.591. The smallest absolute Gasteiger partial charge is 0.307 e. The highest BCUT2D eigenvalue weighted by Crippen LogP contribution is 2.19. The summed E-state index contributed by atoms with van der Waals surface area (Å²) in [5.41, 5.74) is 1.14. The van der Waals surface area contributed by atoms with Gasteiger partial charge in [0.05, 0.1) is 25.0 Å². The Morgan fingerprint density at radius 2 is 1.59 bits per heavy atom. The van der Waals surface area contributed by atoms with E-state index >= 15 is 0 Å². The van der Waals surface area contributed by atoms with Gasteiger partial charge >= 0.3 is 5.97 Å². The first-order valence-corrected chi connectivity index (χ1v) is 9.87. The molecule has 1 aromatic carbocycles. The zero-order chi connectivity index (χ0) is 22.2. The SMILES string of the molecule is CC(C)C(CC(=O)OC(C)(C)C)C(=O)N[C@H](C)C(=O)Cc1ccc(CON)cc1. The Hall–Kier alpha value is -2.25. The second kappa shape index (κ2) is 11.1. The summed E-state index contributed by atoms with van der Waals surface area (Å²) in [5, 5.41) is 2.75. The number of ketones is 1. The molecule has 162 valence electrons. The molecule has 7 heteroatoms. The molecule has 1 aromatic rings. The summed E-state index contributed by atoms with van der Waals surface area (Å²) in [6.45, 7) is 11.0. The number of nitrogens with one attached hydrogen (secondary N) is 1. The summed E-state index contributed by atoms with van der Waals surface area (Å²) < 4.78 is 5.32. The van der Waals surface area contributed by atoms with Gasteiger partial charge in [0, 0.05) is 6.42 Å². The normalized spacial score (nSPS) is 13.7. The molecular formula is C22H34N2O5. The average molecular weight is 407 g/mol. The minimum Gasteiger partial charge on any atom is -0.460 e. The van der Waals surface area contributed by atoms with Gasteiger partial charge in [-0.1, -0.05) is 38.1 Å². The molecule has 0 spiro atoms. The van der Waals surface area contributed by atoms with Crippen LogP contribution in [0.3, 0.4) is 0 Å². The maximum Gasteiger partial charge on any atom is 0.307 e. The van der Waals surface area contributed by atoms with Crippen LogP contribution in [0.25, 0.3) is 0 Å². The summed E-state index contributed by atoms with van der Waals surface area (Å²) in [6.07, 6.45) is 0.177. The third-order valence-corrected chi connectivity index (χ3v) is 4.44. The highest BCUT2D eigenvalue weighted by atomic mass is 16.6. The first kappa shape index (κ1) is 24.8. The van der Waals surface area contributed by atoms with E-state index in [4.69, 9.17) is 10.6 Å². The number of nitrogens with two attached hydrogens (primary N) is 1. The van der Waals surface area contributed by atoms with E-state index in [0.29, 0.717) is 6.61 Å². The van der Waals surface area contributed by atoms with Crippen molar-refractivity contribution in [1.29, 1.82) is 0 Å². The van der Waals surface area contributed by atoms with E-state index in [2.05, 4.69) is 10.2 Å². The Bertz CT molecular complexity index is 692. The van der Waals surface area contributed by atoms with Crippen molar-refractivity contribution in [3.05, 3.63) is 35.4 Å². The standard InChI is InChI=1S/C22H34N2O5/c1-14(2)18(12-20(26)29-22(4,5)6)21(27)24-15(3)19(25)11-16-7-9-17(10-8-16)13-28-23/h7-10,14-15,18H,11-13,23H2,1-6H3,(H,24,27)/t15-,18?/m1/s1. The van der Waals surface area contributed by atoms with Crippen LogP contribution in [0.1, 0.15) is 59.1 Å². The van der Waals surface area contributed by atoms with Gasteiger partial charge in [0.2, 0.25) is 5.91 Å². The Morgan fingerprint density at radius 3 is 2.07 bits per heavy atom. The van der Waals surface area contributed by atoms with Gasteiger partial charge in [0.15, 0.2) is 5.78 Å². The number of esters is 1. The number of hydrogen-bond acceptors (Lipinski definition) is 6. The molecule has 0 aliphatic rings. The van der Waals surface area contributed by atoms with E-state index in [0.717, 1.165) is 11.1 Å². The zero-order valence-corrected chi connectivity index (χ0v) is 18.3. The van der Waals surface area contributed by atoms with Crippen LogP contribution in [0.4, 0.5) is 0 Å². The molecule has 0 saturated heterocycles. The van der Waals surface area contributed by atoms with Crippen LogP contribution >= 0.6 is 0 Å². The van der Waals surface area contributed by atoms with Crippen LogP contribution < -0.4 is 11.2 Å². The number of Topliss-reactive ketones (excluding diaryl/α,β-unsaturated/α-hetero) is 1. The summed E-state index contributed by atoms with van der Waals surface area (Å²) in [7, 11) is 0. The van der Waals surface area contributed by atoms with E-state index in [1.54, 1.807) is 27.7 Å². The molecule has 0 aliphatic carbocycles. The molecule has 0 radical (unpaired) electrons.